The van der Waals surface area contributed by atoms with Gasteiger partial charge in [-0.2, -0.15) is 0 Å². The molecule has 0 fully saturated rings. The van der Waals surface area contributed by atoms with Gasteiger partial charge in [0.1, 0.15) is 0 Å². The van der Waals surface area contributed by atoms with Crippen molar-refractivity contribution < 1.29 is 9.90 Å². The number of aromatic nitrogens is 1. The highest BCUT2D eigenvalue weighted by Gasteiger charge is 2.20. The van der Waals surface area contributed by atoms with E-state index in [1.54, 1.807) is 0 Å². The second-order valence-corrected chi connectivity index (χ2v) is 5.56. The number of rotatable bonds is 3. The summed E-state index contributed by atoms with van der Waals surface area (Å²) in [5, 5.41) is 9.42. The maximum atomic E-state index is 11.5. The van der Waals surface area contributed by atoms with E-state index in [1.165, 1.54) is 11.1 Å². The molecule has 0 bridgehead atoms. The number of pyridine rings is 1. The van der Waals surface area contributed by atoms with E-state index in [0.717, 1.165) is 36.9 Å². The predicted molar refractivity (Wildman–Crippen MR) is 82.7 cm³/mol. The predicted octanol–water partition coefficient (Wildman–Crippen LogP) is 3.89. The molecule has 108 valence electrons. The zero-order valence-electron chi connectivity index (χ0n) is 12.2. The number of carbonyl (C=O) groups is 1. The number of aryl methyl sites for hydroxylation is 3. The van der Waals surface area contributed by atoms with Crippen molar-refractivity contribution in [1.29, 1.82) is 0 Å². The first-order valence-electron chi connectivity index (χ1n) is 7.55. The molecule has 1 aromatic carbocycles. The van der Waals surface area contributed by atoms with Gasteiger partial charge in [-0.3, -0.25) is 4.98 Å². The Bertz CT molecular complexity index is 692. The Morgan fingerprint density at radius 1 is 1.24 bits per heavy atom. The van der Waals surface area contributed by atoms with E-state index >= 15 is 0 Å². The maximum absolute atomic E-state index is 11.5. The van der Waals surface area contributed by atoms with Crippen LogP contribution in [0, 0.1) is 0 Å². The fourth-order valence-corrected chi connectivity index (χ4v) is 3.07. The third-order valence-corrected chi connectivity index (χ3v) is 4.06. The Morgan fingerprint density at radius 2 is 2.00 bits per heavy atom. The molecular weight excluding hydrogens is 262 g/mol. The van der Waals surface area contributed by atoms with Crippen LogP contribution in [0.1, 0.15) is 46.9 Å². The Hall–Kier alpha value is -2.16. The van der Waals surface area contributed by atoms with Gasteiger partial charge in [0.25, 0.3) is 0 Å². The zero-order valence-corrected chi connectivity index (χ0v) is 12.2. The fraction of sp³-hybridized carbons (Fsp3) is 0.333. The molecule has 0 radical (unpaired) electrons. The number of benzene rings is 1. The molecule has 21 heavy (non-hydrogen) atoms. The molecule has 2 aromatic rings. The summed E-state index contributed by atoms with van der Waals surface area (Å²) in [7, 11) is 0. The highest BCUT2D eigenvalue weighted by Crippen LogP contribution is 2.32. The Kier molecular flexibility index (Phi) is 3.74. The topological polar surface area (TPSA) is 50.2 Å². The van der Waals surface area contributed by atoms with Crippen molar-refractivity contribution in [2.45, 2.75) is 39.0 Å². The van der Waals surface area contributed by atoms with Crippen molar-refractivity contribution >= 4 is 5.97 Å². The van der Waals surface area contributed by atoms with E-state index in [0.29, 0.717) is 17.7 Å². The summed E-state index contributed by atoms with van der Waals surface area (Å²) in [5.41, 5.74) is 5.61. The number of aromatic carboxylic acids is 1. The number of hydrogen-bond donors (Lipinski definition) is 1. The minimum atomic E-state index is -0.869. The summed E-state index contributed by atoms with van der Waals surface area (Å²) in [6.45, 7) is 2.05. The highest BCUT2D eigenvalue weighted by atomic mass is 16.4. The molecule has 1 aromatic heterocycles. The van der Waals surface area contributed by atoms with Gasteiger partial charge in [0.05, 0.1) is 17.0 Å². The zero-order chi connectivity index (χ0) is 14.8. The van der Waals surface area contributed by atoms with Crippen LogP contribution in [0.5, 0.6) is 0 Å². The molecule has 3 heteroatoms. The van der Waals surface area contributed by atoms with Crippen molar-refractivity contribution in [2.75, 3.05) is 0 Å². The van der Waals surface area contributed by atoms with Crippen molar-refractivity contribution in [2.24, 2.45) is 0 Å². The van der Waals surface area contributed by atoms with Crippen LogP contribution >= 0.6 is 0 Å². The molecule has 0 unspecified atom stereocenters. The smallest absolute Gasteiger partial charge is 0.337 e. The molecule has 0 atom stereocenters. The van der Waals surface area contributed by atoms with E-state index < -0.39 is 5.97 Å². The summed E-state index contributed by atoms with van der Waals surface area (Å²) in [4.78, 5) is 16.2. The van der Waals surface area contributed by atoms with E-state index in [2.05, 4.69) is 18.2 Å². The quantitative estimate of drug-likeness (QED) is 0.928. The van der Waals surface area contributed by atoms with Gasteiger partial charge >= 0.3 is 5.97 Å². The second kappa shape index (κ2) is 5.68. The number of carboxylic acid groups (broad SMARTS) is 1. The van der Waals surface area contributed by atoms with Gasteiger partial charge in [0.2, 0.25) is 0 Å². The summed E-state index contributed by atoms with van der Waals surface area (Å²) in [5.74, 6) is -0.869. The van der Waals surface area contributed by atoms with Gasteiger partial charge in [-0.05, 0) is 42.9 Å². The molecule has 0 aliphatic heterocycles. The molecule has 1 aliphatic rings. The minimum Gasteiger partial charge on any atom is -0.478 e. The monoisotopic (exact) mass is 281 g/mol. The molecule has 0 amide bonds. The molecule has 1 heterocycles. The lowest BCUT2D eigenvalue weighted by Crippen LogP contribution is -2.08. The van der Waals surface area contributed by atoms with Crippen molar-refractivity contribution in [1.82, 2.24) is 4.98 Å². The summed E-state index contributed by atoms with van der Waals surface area (Å²) in [6.07, 6.45) is 4.56. The third kappa shape index (κ3) is 2.56. The Labute approximate surface area is 124 Å². The first-order valence-corrected chi connectivity index (χ1v) is 7.55. The molecular formula is C18H19NO2. The number of nitrogens with zero attached hydrogens (tertiary/aromatic N) is 1. The largest absolute Gasteiger partial charge is 0.478 e. The molecule has 0 saturated carbocycles. The van der Waals surface area contributed by atoms with Crippen molar-refractivity contribution in [3.05, 3.63) is 52.7 Å². The summed E-state index contributed by atoms with van der Waals surface area (Å²) in [6, 6.07) is 10.2. The standard InChI is InChI=1S/C18H19NO2/c1-2-6-16-15(18(20)21)11-13-9-5-8-12-7-3-4-10-14(12)17(13)19-16/h3-4,7,10-11H,2,5-6,8-9H2,1H3,(H,20,21). The van der Waals surface area contributed by atoms with Crippen LogP contribution in [-0.2, 0) is 19.3 Å². The lowest BCUT2D eigenvalue weighted by molar-refractivity contribution is 0.0695. The van der Waals surface area contributed by atoms with Crippen LogP contribution in [0.3, 0.4) is 0 Å². The molecule has 1 aliphatic carbocycles. The Balaban J connectivity index is 2.22. The van der Waals surface area contributed by atoms with E-state index in [1.807, 2.05) is 19.1 Å². The van der Waals surface area contributed by atoms with Crippen LogP contribution in [0.15, 0.2) is 30.3 Å². The summed E-state index contributed by atoms with van der Waals surface area (Å²) >= 11 is 0. The van der Waals surface area contributed by atoms with Gasteiger partial charge in [-0.25, -0.2) is 4.79 Å². The number of fused-ring (bicyclic) bond motifs is 3. The van der Waals surface area contributed by atoms with Crippen molar-refractivity contribution in [3.63, 3.8) is 0 Å². The SMILES string of the molecule is CCCc1nc2c(cc1C(=O)O)CCCc1ccccc1-2. The van der Waals surface area contributed by atoms with Crippen molar-refractivity contribution in [3.8, 4) is 11.3 Å². The van der Waals surface area contributed by atoms with Gasteiger partial charge in [-0.1, -0.05) is 37.6 Å². The average Bonchev–Trinajstić information content (AvgIpc) is 2.66. The van der Waals surface area contributed by atoms with E-state index in [-0.39, 0.29) is 0 Å². The normalized spacial score (nSPS) is 13.2. The second-order valence-electron chi connectivity index (χ2n) is 5.56. The van der Waals surface area contributed by atoms with Crippen LogP contribution in [-0.4, -0.2) is 16.1 Å². The molecule has 0 spiro atoms. The number of carboxylic acids is 1. The van der Waals surface area contributed by atoms with Gasteiger partial charge in [0.15, 0.2) is 0 Å². The van der Waals surface area contributed by atoms with Crippen LogP contribution in [0.2, 0.25) is 0 Å². The lowest BCUT2D eigenvalue weighted by atomic mass is 9.98. The number of hydrogen-bond acceptors (Lipinski definition) is 2. The maximum Gasteiger partial charge on any atom is 0.337 e. The van der Waals surface area contributed by atoms with Gasteiger partial charge in [0, 0.05) is 5.56 Å². The summed E-state index contributed by atoms with van der Waals surface area (Å²) < 4.78 is 0. The highest BCUT2D eigenvalue weighted by molar-refractivity contribution is 5.90. The third-order valence-electron chi connectivity index (χ3n) is 4.06. The Morgan fingerprint density at radius 3 is 2.76 bits per heavy atom. The molecule has 1 N–H and O–H groups in total. The minimum absolute atomic E-state index is 0.370. The average molecular weight is 281 g/mol. The van der Waals surface area contributed by atoms with Crippen LogP contribution in [0.25, 0.3) is 11.3 Å². The first-order chi connectivity index (χ1) is 10.2. The fourth-order valence-electron chi connectivity index (χ4n) is 3.07. The lowest BCUT2D eigenvalue weighted by Gasteiger charge is -2.13. The van der Waals surface area contributed by atoms with Gasteiger partial charge in [-0.15, -0.1) is 0 Å². The van der Waals surface area contributed by atoms with Gasteiger partial charge < -0.3 is 5.11 Å². The molecule has 0 saturated heterocycles. The molecule has 3 nitrogen and oxygen atoms in total. The first kappa shape index (κ1) is 13.8. The van der Waals surface area contributed by atoms with E-state index in [4.69, 9.17) is 4.98 Å². The van der Waals surface area contributed by atoms with Crippen LogP contribution in [0.4, 0.5) is 0 Å². The molecule has 3 rings (SSSR count). The van der Waals surface area contributed by atoms with Crippen LogP contribution < -0.4 is 0 Å². The van der Waals surface area contributed by atoms with E-state index in [9.17, 15) is 9.90 Å².